The molecule has 0 saturated heterocycles. The highest BCUT2D eigenvalue weighted by molar-refractivity contribution is 7.85. The number of benzene rings is 2. The van der Waals surface area contributed by atoms with Crippen molar-refractivity contribution in [2.75, 3.05) is 18.2 Å². The first kappa shape index (κ1) is 15.9. The van der Waals surface area contributed by atoms with Crippen LogP contribution in [0.3, 0.4) is 0 Å². The van der Waals surface area contributed by atoms with Gasteiger partial charge in [-0.15, -0.1) is 0 Å². The van der Waals surface area contributed by atoms with Crippen LogP contribution in [0.2, 0.25) is 0 Å². The summed E-state index contributed by atoms with van der Waals surface area (Å²) in [6.45, 7) is 0.0127. The van der Waals surface area contributed by atoms with Crippen LogP contribution in [-0.2, 0) is 14.3 Å². The Morgan fingerprint density at radius 2 is 1.83 bits per heavy atom. The predicted molar refractivity (Wildman–Crippen MR) is 93.2 cm³/mol. The first-order valence-electron chi connectivity index (χ1n) is 7.03. The van der Waals surface area contributed by atoms with Crippen molar-refractivity contribution in [3.8, 4) is 0 Å². The molecule has 0 aliphatic carbocycles. The van der Waals surface area contributed by atoms with Gasteiger partial charge in [0.15, 0.2) is 5.13 Å². The lowest BCUT2D eigenvalue weighted by Crippen LogP contribution is -2.19. The van der Waals surface area contributed by atoms with Crippen LogP contribution in [0.4, 0.5) is 5.13 Å². The summed E-state index contributed by atoms with van der Waals surface area (Å²) in [6, 6.07) is 17.1. The number of thiazole rings is 1. The van der Waals surface area contributed by atoms with Gasteiger partial charge in [-0.05, 0) is 17.7 Å². The van der Waals surface area contributed by atoms with E-state index in [0.717, 1.165) is 27.2 Å². The second kappa shape index (κ2) is 6.66. The van der Waals surface area contributed by atoms with Crippen molar-refractivity contribution in [2.45, 2.75) is 6.04 Å². The van der Waals surface area contributed by atoms with Gasteiger partial charge < -0.3 is 5.32 Å². The molecule has 3 rings (SSSR count). The van der Waals surface area contributed by atoms with E-state index in [1.54, 1.807) is 0 Å². The van der Waals surface area contributed by atoms with E-state index >= 15 is 0 Å². The Labute approximate surface area is 139 Å². The molecule has 120 valence electrons. The van der Waals surface area contributed by atoms with E-state index in [4.69, 9.17) is 4.18 Å². The summed E-state index contributed by atoms with van der Waals surface area (Å²) < 4.78 is 28.6. The van der Waals surface area contributed by atoms with Gasteiger partial charge in [0.05, 0.1) is 29.1 Å². The highest BCUT2D eigenvalue weighted by Gasteiger charge is 2.16. The molecule has 0 saturated carbocycles. The number of fused-ring (bicyclic) bond motifs is 1. The molecule has 0 amide bonds. The molecule has 1 aromatic heterocycles. The second-order valence-corrected chi connectivity index (χ2v) is 7.76. The average molecular weight is 348 g/mol. The molecule has 0 bridgehead atoms. The van der Waals surface area contributed by atoms with Crippen LogP contribution in [-0.4, -0.2) is 26.3 Å². The fourth-order valence-corrected chi connectivity index (χ4v) is 3.48. The summed E-state index contributed by atoms with van der Waals surface area (Å²) in [4.78, 5) is 4.52. The number of hydrogen-bond acceptors (Lipinski definition) is 6. The third kappa shape index (κ3) is 4.28. The van der Waals surface area contributed by atoms with Gasteiger partial charge in [0, 0.05) is 0 Å². The Bertz CT molecular complexity index is 859. The number of anilines is 1. The Morgan fingerprint density at radius 3 is 2.52 bits per heavy atom. The number of nitrogens with one attached hydrogen (secondary N) is 1. The van der Waals surface area contributed by atoms with Gasteiger partial charge in [-0.25, -0.2) is 4.98 Å². The van der Waals surface area contributed by atoms with Crippen LogP contribution in [0.5, 0.6) is 0 Å². The summed E-state index contributed by atoms with van der Waals surface area (Å²) in [7, 11) is -3.50. The Balaban J connectivity index is 1.85. The largest absolute Gasteiger partial charge is 0.352 e. The van der Waals surface area contributed by atoms with E-state index in [0.29, 0.717) is 0 Å². The lowest BCUT2D eigenvalue weighted by atomic mass is 10.1. The monoisotopic (exact) mass is 348 g/mol. The standard InChI is InChI=1S/C16H16N2O3S2/c1-23(19,20)21-11-14(12-7-3-2-4-8-12)18-16-17-13-9-5-6-10-15(13)22-16/h2-10,14H,11H2,1H3,(H,17,18)/t14-/m0/s1. The van der Waals surface area contributed by atoms with Gasteiger partial charge in [0.2, 0.25) is 0 Å². The fraction of sp³-hybridized carbons (Fsp3) is 0.188. The lowest BCUT2D eigenvalue weighted by Gasteiger charge is -2.18. The van der Waals surface area contributed by atoms with Crippen molar-refractivity contribution in [2.24, 2.45) is 0 Å². The van der Waals surface area contributed by atoms with Crippen LogP contribution in [0.25, 0.3) is 10.2 Å². The van der Waals surface area contributed by atoms with E-state index in [1.165, 1.54) is 11.3 Å². The van der Waals surface area contributed by atoms with Crippen molar-refractivity contribution in [1.82, 2.24) is 4.98 Å². The number of aromatic nitrogens is 1. The predicted octanol–water partition coefficient (Wildman–Crippen LogP) is 3.43. The minimum Gasteiger partial charge on any atom is -0.352 e. The zero-order chi connectivity index (χ0) is 16.3. The van der Waals surface area contributed by atoms with Gasteiger partial charge in [0.1, 0.15) is 0 Å². The highest BCUT2D eigenvalue weighted by atomic mass is 32.2. The maximum Gasteiger partial charge on any atom is 0.264 e. The molecule has 0 radical (unpaired) electrons. The third-order valence-electron chi connectivity index (χ3n) is 3.24. The van der Waals surface area contributed by atoms with Crippen molar-refractivity contribution in [3.05, 3.63) is 60.2 Å². The van der Waals surface area contributed by atoms with Crippen LogP contribution in [0.15, 0.2) is 54.6 Å². The van der Waals surface area contributed by atoms with E-state index in [9.17, 15) is 8.42 Å². The van der Waals surface area contributed by atoms with Crippen LogP contribution < -0.4 is 5.32 Å². The average Bonchev–Trinajstić information content (AvgIpc) is 2.94. The molecule has 1 heterocycles. The van der Waals surface area contributed by atoms with Crippen LogP contribution in [0, 0.1) is 0 Å². The highest BCUT2D eigenvalue weighted by Crippen LogP contribution is 2.29. The van der Waals surface area contributed by atoms with E-state index in [-0.39, 0.29) is 12.6 Å². The van der Waals surface area contributed by atoms with Crippen molar-refractivity contribution in [1.29, 1.82) is 0 Å². The third-order valence-corrected chi connectivity index (χ3v) is 4.77. The first-order chi connectivity index (χ1) is 11.0. The lowest BCUT2D eigenvalue weighted by molar-refractivity contribution is 0.304. The molecular weight excluding hydrogens is 332 g/mol. The zero-order valence-electron chi connectivity index (χ0n) is 12.5. The molecule has 5 nitrogen and oxygen atoms in total. The number of para-hydroxylation sites is 1. The maximum atomic E-state index is 11.3. The number of hydrogen-bond donors (Lipinski definition) is 1. The van der Waals surface area contributed by atoms with Crippen LogP contribution >= 0.6 is 11.3 Å². The topological polar surface area (TPSA) is 68.3 Å². The summed E-state index contributed by atoms with van der Waals surface area (Å²) >= 11 is 1.53. The van der Waals surface area contributed by atoms with Crippen molar-refractivity contribution in [3.63, 3.8) is 0 Å². The van der Waals surface area contributed by atoms with Crippen molar-refractivity contribution >= 4 is 36.8 Å². The minimum atomic E-state index is -3.50. The first-order valence-corrected chi connectivity index (χ1v) is 9.66. The summed E-state index contributed by atoms with van der Waals surface area (Å²) in [5.41, 5.74) is 1.85. The zero-order valence-corrected chi connectivity index (χ0v) is 14.1. The normalized spacial score (nSPS) is 13.1. The number of rotatable bonds is 6. The smallest absolute Gasteiger partial charge is 0.264 e. The Morgan fingerprint density at radius 1 is 1.13 bits per heavy atom. The summed E-state index contributed by atoms with van der Waals surface area (Å²) in [5, 5.41) is 4.01. The van der Waals surface area contributed by atoms with E-state index in [1.807, 2.05) is 54.6 Å². The molecule has 2 aromatic carbocycles. The molecule has 1 atom stereocenters. The van der Waals surface area contributed by atoms with E-state index < -0.39 is 10.1 Å². The summed E-state index contributed by atoms with van der Waals surface area (Å²) in [6.07, 6.45) is 1.05. The van der Waals surface area contributed by atoms with E-state index in [2.05, 4.69) is 10.3 Å². The molecule has 0 unspecified atom stereocenters. The molecule has 0 fully saturated rings. The summed E-state index contributed by atoms with van der Waals surface area (Å²) in [5.74, 6) is 0. The fourth-order valence-electron chi connectivity index (χ4n) is 2.18. The van der Waals surface area contributed by atoms with Gasteiger partial charge in [-0.2, -0.15) is 8.42 Å². The van der Waals surface area contributed by atoms with Crippen LogP contribution in [0.1, 0.15) is 11.6 Å². The molecule has 23 heavy (non-hydrogen) atoms. The molecule has 3 aromatic rings. The maximum absolute atomic E-state index is 11.3. The van der Waals surface area contributed by atoms with Gasteiger partial charge in [0.25, 0.3) is 10.1 Å². The SMILES string of the molecule is CS(=O)(=O)OC[C@H](Nc1nc2ccccc2s1)c1ccccc1. The Hall–Kier alpha value is -1.96. The molecule has 0 spiro atoms. The van der Waals surface area contributed by atoms with Gasteiger partial charge in [-0.3, -0.25) is 4.18 Å². The van der Waals surface area contributed by atoms with Gasteiger partial charge in [-0.1, -0.05) is 53.8 Å². The number of nitrogens with zero attached hydrogens (tertiary/aromatic N) is 1. The molecule has 7 heteroatoms. The van der Waals surface area contributed by atoms with Gasteiger partial charge >= 0.3 is 0 Å². The molecule has 0 aliphatic rings. The molecule has 1 N–H and O–H groups in total. The quantitative estimate of drug-likeness (QED) is 0.691. The second-order valence-electron chi connectivity index (χ2n) is 5.08. The van der Waals surface area contributed by atoms with Crippen molar-refractivity contribution < 1.29 is 12.6 Å². The molecule has 0 aliphatic heterocycles. The Kier molecular flexibility index (Phi) is 4.61. The molecular formula is C16H16N2O3S2. The minimum absolute atomic E-state index is 0.0127.